The van der Waals surface area contributed by atoms with Crippen molar-refractivity contribution < 1.29 is 54.6 Å². The lowest BCUT2D eigenvalue weighted by Crippen LogP contribution is -2.66. The zero-order valence-corrected chi connectivity index (χ0v) is 34.3. The molecule has 60 heavy (non-hydrogen) atoms. The molecule has 4 atom stereocenters. The zero-order chi connectivity index (χ0) is 43.4. The number of aromatic hydroxyl groups is 1. The molecule has 316 valence electrons. The molecule has 0 unspecified atom stereocenters. The highest BCUT2D eigenvalue weighted by Gasteiger charge is 2.58. The van der Waals surface area contributed by atoms with Gasteiger partial charge in [0.15, 0.2) is 11.6 Å². The SMILES string of the molecule is C/C(=C\c1ccc(O)c(F)c1)CC[C@H]1OC[C@H]2C1=C(CO[Si](c1ccccc1)(c1ccccc1)C(C)(C)C)C[C@H]1C(=O)N(c3cc(C(F)(F)F)cc(C(F)(F)F)c3)C(=O)[C@H]12. The molecule has 0 bridgehead atoms. The molecule has 2 amide bonds. The van der Waals surface area contributed by atoms with Crippen molar-refractivity contribution in [1.29, 1.82) is 0 Å². The molecule has 1 N–H and O–H groups in total. The predicted molar refractivity (Wildman–Crippen MR) is 215 cm³/mol. The van der Waals surface area contributed by atoms with E-state index in [-0.39, 0.29) is 25.7 Å². The van der Waals surface area contributed by atoms with Crippen molar-refractivity contribution in [3.05, 3.63) is 136 Å². The number of halogens is 7. The molecular formula is C46H44F7NO5Si. The van der Waals surface area contributed by atoms with E-state index in [1.807, 2.05) is 67.6 Å². The van der Waals surface area contributed by atoms with Crippen molar-refractivity contribution in [2.45, 2.75) is 70.5 Å². The highest BCUT2D eigenvalue weighted by molar-refractivity contribution is 6.99. The van der Waals surface area contributed by atoms with Crippen LogP contribution in [-0.2, 0) is 31.1 Å². The summed E-state index contributed by atoms with van der Waals surface area (Å²) in [6.45, 7) is 8.18. The Morgan fingerprint density at radius 3 is 1.95 bits per heavy atom. The number of hydrogen-bond acceptors (Lipinski definition) is 5. The summed E-state index contributed by atoms with van der Waals surface area (Å²) in [5, 5.41) is 11.2. The number of carbonyl (C=O) groups is 2. The summed E-state index contributed by atoms with van der Waals surface area (Å²) in [5.74, 6) is -5.93. The average Bonchev–Trinajstić information content (AvgIpc) is 3.72. The number of ether oxygens (including phenoxy) is 1. The number of allylic oxidation sites excluding steroid dienone is 1. The van der Waals surface area contributed by atoms with Crippen LogP contribution < -0.4 is 15.3 Å². The van der Waals surface area contributed by atoms with E-state index in [2.05, 4.69) is 20.8 Å². The summed E-state index contributed by atoms with van der Waals surface area (Å²) in [4.78, 5) is 29.2. The summed E-state index contributed by atoms with van der Waals surface area (Å²) in [6, 6.07) is 24.5. The molecule has 4 aromatic rings. The smallest absolute Gasteiger partial charge is 0.416 e. The molecule has 0 radical (unpaired) electrons. The van der Waals surface area contributed by atoms with Gasteiger partial charge in [0.25, 0.3) is 8.32 Å². The number of alkyl halides is 6. The van der Waals surface area contributed by atoms with Gasteiger partial charge in [-0.1, -0.05) is 99.2 Å². The van der Waals surface area contributed by atoms with Crippen molar-refractivity contribution in [3.63, 3.8) is 0 Å². The number of nitrogens with zero attached hydrogens (tertiary/aromatic N) is 1. The second kappa shape index (κ2) is 16.1. The Labute approximate surface area is 344 Å². The molecule has 0 spiro atoms. The quantitative estimate of drug-likeness (QED) is 0.0745. The van der Waals surface area contributed by atoms with Gasteiger partial charge in [0.1, 0.15) is 0 Å². The van der Waals surface area contributed by atoms with Crippen LogP contribution >= 0.6 is 0 Å². The highest BCUT2D eigenvalue weighted by Crippen LogP contribution is 2.52. The minimum atomic E-state index is -5.19. The summed E-state index contributed by atoms with van der Waals surface area (Å²) >= 11 is 0. The summed E-state index contributed by atoms with van der Waals surface area (Å²) in [7, 11) is -3.17. The Morgan fingerprint density at radius 1 is 0.833 bits per heavy atom. The van der Waals surface area contributed by atoms with E-state index < -0.39 is 89.8 Å². The molecular weight excluding hydrogens is 808 g/mol. The Kier molecular flexibility index (Phi) is 11.5. The molecule has 0 saturated carbocycles. The Morgan fingerprint density at radius 2 is 1.42 bits per heavy atom. The lowest BCUT2D eigenvalue weighted by Gasteiger charge is -2.44. The number of amides is 2. The first kappa shape index (κ1) is 43.0. The van der Waals surface area contributed by atoms with E-state index in [4.69, 9.17) is 9.16 Å². The number of benzene rings is 4. The van der Waals surface area contributed by atoms with Gasteiger partial charge >= 0.3 is 12.4 Å². The van der Waals surface area contributed by atoms with Crippen LogP contribution in [0.2, 0.25) is 5.04 Å². The third kappa shape index (κ3) is 8.08. The van der Waals surface area contributed by atoms with Gasteiger partial charge in [-0.15, -0.1) is 0 Å². The fraction of sp³-hybridized carbons (Fsp3) is 0.348. The van der Waals surface area contributed by atoms with Gasteiger partial charge in [-0.2, -0.15) is 26.3 Å². The van der Waals surface area contributed by atoms with Crippen LogP contribution in [0.25, 0.3) is 6.08 Å². The third-order valence-corrected chi connectivity index (χ3v) is 16.9. The average molecular weight is 852 g/mol. The largest absolute Gasteiger partial charge is 0.505 e. The number of hydrogen-bond donors (Lipinski definition) is 1. The van der Waals surface area contributed by atoms with Crippen LogP contribution in [0.15, 0.2) is 114 Å². The number of fused-ring (bicyclic) bond motifs is 3. The molecule has 2 saturated heterocycles. The van der Waals surface area contributed by atoms with Gasteiger partial charge in [0.2, 0.25) is 11.8 Å². The van der Waals surface area contributed by atoms with E-state index in [0.29, 0.717) is 41.0 Å². The molecule has 6 nitrogen and oxygen atoms in total. The fourth-order valence-corrected chi connectivity index (χ4v) is 13.8. The lowest BCUT2D eigenvalue weighted by atomic mass is 9.69. The molecule has 2 aliphatic heterocycles. The maximum Gasteiger partial charge on any atom is 0.416 e. The van der Waals surface area contributed by atoms with Crippen molar-refractivity contribution in [2.75, 3.05) is 18.1 Å². The van der Waals surface area contributed by atoms with E-state index in [1.54, 1.807) is 12.1 Å². The first-order valence-electron chi connectivity index (χ1n) is 19.6. The van der Waals surface area contributed by atoms with Crippen LogP contribution in [0, 0.1) is 23.6 Å². The van der Waals surface area contributed by atoms with Crippen LogP contribution in [-0.4, -0.2) is 44.6 Å². The van der Waals surface area contributed by atoms with Crippen molar-refractivity contribution in [1.82, 2.24) is 0 Å². The topological polar surface area (TPSA) is 76.1 Å². The minimum absolute atomic E-state index is 0.0148. The maximum absolute atomic E-state index is 14.4. The third-order valence-electron chi connectivity index (χ3n) is 11.9. The van der Waals surface area contributed by atoms with Crippen molar-refractivity contribution in [2.24, 2.45) is 17.8 Å². The molecule has 3 aliphatic rings. The van der Waals surface area contributed by atoms with Crippen LogP contribution in [0.3, 0.4) is 0 Å². The monoisotopic (exact) mass is 851 g/mol. The molecule has 2 fully saturated rings. The van der Waals surface area contributed by atoms with Gasteiger partial charge in [-0.05, 0) is 88.6 Å². The second-order valence-electron chi connectivity index (χ2n) is 16.8. The number of carbonyl (C=O) groups excluding carboxylic acids is 2. The van der Waals surface area contributed by atoms with Crippen molar-refractivity contribution in [3.8, 4) is 5.75 Å². The van der Waals surface area contributed by atoms with E-state index >= 15 is 0 Å². The standard InChI is InChI=1S/C46H44F7NO5Si/c1-27(19-28-16-17-38(55)37(47)20-28)15-18-39-40-29(25-59-60(44(2,3)4,33-11-7-5-8-12-33)34-13-9-6-10-14-34)21-35-41(36(40)26-58-39)43(57)54(42(35)56)32-23-30(45(48,49)50)22-31(24-32)46(51,52)53/h5-14,16-17,19-20,22-24,35-36,39,41,55H,15,18,21,25-26H2,1-4H3/b27-19+/t35-,36+,39-,41-/m1/s1. The van der Waals surface area contributed by atoms with E-state index in [0.717, 1.165) is 21.5 Å². The predicted octanol–water partition coefficient (Wildman–Crippen LogP) is 9.85. The number of anilines is 1. The van der Waals surface area contributed by atoms with Gasteiger partial charge < -0.3 is 14.3 Å². The van der Waals surface area contributed by atoms with Gasteiger partial charge in [0.05, 0.1) is 48.0 Å². The molecule has 4 aromatic carbocycles. The van der Waals surface area contributed by atoms with Gasteiger partial charge in [-0.25, -0.2) is 9.29 Å². The maximum atomic E-state index is 14.4. The molecule has 0 aromatic heterocycles. The van der Waals surface area contributed by atoms with E-state index in [1.165, 1.54) is 12.1 Å². The Balaban J connectivity index is 1.29. The summed E-state index contributed by atoms with van der Waals surface area (Å²) in [5.41, 5.74) is -1.24. The zero-order valence-electron chi connectivity index (χ0n) is 33.3. The Bertz CT molecular complexity index is 2270. The molecule has 2 heterocycles. The van der Waals surface area contributed by atoms with Crippen molar-refractivity contribution >= 4 is 42.3 Å². The normalized spacial score (nSPS) is 21.4. The summed E-state index contributed by atoms with van der Waals surface area (Å²) in [6.07, 6.45) is -8.34. The number of phenolic OH excluding ortho intramolecular Hbond substituents is 1. The van der Waals surface area contributed by atoms with Crippen LogP contribution in [0.1, 0.15) is 63.6 Å². The second-order valence-corrected chi connectivity index (χ2v) is 21.1. The van der Waals surface area contributed by atoms with Crippen LogP contribution in [0.5, 0.6) is 5.75 Å². The number of imide groups is 1. The number of phenols is 1. The highest BCUT2D eigenvalue weighted by atomic mass is 28.4. The molecule has 1 aliphatic carbocycles. The summed E-state index contributed by atoms with van der Waals surface area (Å²) < 4.78 is 112. The fourth-order valence-electron chi connectivity index (χ4n) is 9.21. The Hall–Kier alpha value is -5.05. The van der Waals surface area contributed by atoms with Crippen LogP contribution in [0.4, 0.5) is 36.4 Å². The minimum Gasteiger partial charge on any atom is -0.505 e. The number of rotatable bonds is 10. The van der Waals surface area contributed by atoms with E-state index in [9.17, 15) is 45.4 Å². The molecule has 14 heteroatoms. The lowest BCUT2D eigenvalue weighted by molar-refractivity contribution is -0.143. The molecule has 7 rings (SSSR count). The first-order valence-corrected chi connectivity index (χ1v) is 21.5. The first-order chi connectivity index (χ1) is 28.2. The van der Waals surface area contributed by atoms with Gasteiger partial charge in [-0.3, -0.25) is 9.59 Å². The van der Waals surface area contributed by atoms with Gasteiger partial charge in [0, 0.05) is 5.92 Å².